The van der Waals surface area contributed by atoms with Gasteiger partial charge in [0.25, 0.3) is 0 Å². The van der Waals surface area contributed by atoms with Gasteiger partial charge in [-0.2, -0.15) is 0 Å². The van der Waals surface area contributed by atoms with Gasteiger partial charge in [-0.3, -0.25) is 4.79 Å². The third-order valence-electron chi connectivity index (χ3n) is 2.44. The number of hydrogen-bond acceptors (Lipinski definition) is 3. The molecule has 0 bridgehead atoms. The molecule has 4 heteroatoms. The molecule has 0 heterocycles. The normalized spacial score (nSPS) is 11.3. The summed E-state index contributed by atoms with van der Waals surface area (Å²) in [4.78, 5) is 10.3. The number of aliphatic carboxylic acids is 1. The van der Waals surface area contributed by atoms with E-state index in [1.54, 1.807) is 0 Å². The van der Waals surface area contributed by atoms with Crippen LogP contribution < -0.4 is 4.74 Å². The maximum absolute atomic E-state index is 10.3. The zero-order valence-corrected chi connectivity index (χ0v) is 11.9. The van der Waals surface area contributed by atoms with Crippen LogP contribution in [0.2, 0.25) is 0 Å². The first-order valence-electron chi connectivity index (χ1n) is 5.92. The number of hydrogen-bond donors (Lipinski definition) is 1. The van der Waals surface area contributed by atoms with Crippen LogP contribution in [0.25, 0.3) is 0 Å². The van der Waals surface area contributed by atoms with Crippen LogP contribution in [-0.4, -0.2) is 29.2 Å². The molecule has 0 saturated carbocycles. The molecule has 0 radical (unpaired) electrons. The molecule has 3 nitrogen and oxygen atoms in total. The van der Waals surface area contributed by atoms with E-state index in [2.05, 4.69) is 32.9 Å². The highest BCUT2D eigenvalue weighted by Gasteiger charge is 2.12. The minimum atomic E-state index is -0.783. The van der Waals surface area contributed by atoms with E-state index in [-0.39, 0.29) is 11.2 Å². The summed E-state index contributed by atoms with van der Waals surface area (Å²) in [6, 6.07) is 8.06. The van der Waals surface area contributed by atoms with E-state index in [0.29, 0.717) is 12.4 Å². The van der Waals surface area contributed by atoms with Crippen molar-refractivity contribution in [2.24, 2.45) is 0 Å². The standard InChI is InChI=1S/C14H20O3S/c1-14(2,3)11-4-6-12(7-5-11)17-8-9-18-10-13(15)16/h4-7H,8-10H2,1-3H3,(H,15,16). The van der Waals surface area contributed by atoms with Crippen molar-refractivity contribution in [3.63, 3.8) is 0 Å². The summed E-state index contributed by atoms with van der Waals surface area (Å²) in [5, 5.41) is 8.47. The van der Waals surface area contributed by atoms with Crippen LogP contribution in [0.3, 0.4) is 0 Å². The third-order valence-corrected chi connectivity index (χ3v) is 3.35. The molecule has 1 N–H and O–H groups in total. The highest BCUT2D eigenvalue weighted by Crippen LogP contribution is 2.24. The second-order valence-corrected chi connectivity index (χ2v) is 6.17. The average molecular weight is 268 g/mol. The van der Waals surface area contributed by atoms with Crippen molar-refractivity contribution in [2.45, 2.75) is 26.2 Å². The van der Waals surface area contributed by atoms with E-state index >= 15 is 0 Å². The van der Waals surface area contributed by atoms with Crippen molar-refractivity contribution < 1.29 is 14.6 Å². The van der Waals surface area contributed by atoms with Crippen molar-refractivity contribution >= 4 is 17.7 Å². The fraction of sp³-hybridized carbons (Fsp3) is 0.500. The average Bonchev–Trinajstić information content (AvgIpc) is 2.27. The van der Waals surface area contributed by atoms with Crippen LogP contribution in [0.15, 0.2) is 24.3 Å². The highest BCUT2D eigenvalue weighted by molar-refractivity contribution is 7.99. The van der Waals surface area contributed by atoms with Crippen LogP contribution in [0, 0.1) is 0 Å². The molecular weight excluding hydrogens is 248 g/mol. The maximum atomic E-state index is 10.3. The molecule has 0 aliphatic carbocycles. The van der Waals surface area contributed by atoms with Gasteiger partial charge in [-0.05, 0) is 23.1 Å². The molecule has 0 fully saturated rings. The quantitative estimate of drug-likeness (QED) is 0.805. The Bertz CT molecular complexity index is 379. The van der Waals surface area contributed by atoms with Gasteiger partial charge in [0.05, 0.1) is 12.4 Å². The third kappa shape index (κ3) is 5.45. The Balaban J connectivity index is 2.33. The minimum Gasteiger partial charge on any atom is -0.493 e. The molecule has 0 amide bonds. The van der Waals surface area contributed by atoms with Gasteiger partial charge in [-0.15, -0.1) is 11.8 Å². The molecule has 0 unspecified atom stereocenters. The van der Waals surface area contributed by atoms with Gasteiger partial charge in [-0.25, -0.2) is 0 Å². The zero-order chi connectivity index (χ0) is 13.6. The van der Waals surface area contributed by atoms with E-state index in [1.807, 2.05) is 12.1 Å². The van der Waals surface area contributed by atoms with Crippen LogP contribution in [0.1, 0.15) is 26.3 Å². The second kappa shape index (κ2) is 6.69. The Morgan fingerprint density at radius 2 is 1.89 bits per heavy atom. The summed E-state index contributed by atoms with van der Waals surface area (Å²) < 4.78 is 5.54. The van der Waals surface area contributed by atoms with Crippen molar-refractivity contribution in [1.82, 2.24) is 0 Å². The van der Waals surface area contributed by atoms with Gasteiger partial charge in [0.15, 0.2) is 0 Å². The van der Waals surface area contributed by atoms with Crippen molar-refractivity contribution in [3.05, 3.63) is 29.8 Å². The number of carboxylic acids is 1. The van der Waals surface area contributed by atoms with E-state index in [9.17, 15) is 4.79 Å². The number of ether oxygens (including phenoxy) is 1. The van der Waals surface area contributed by atoms with Crippen molar-refractivity contribution in [2.75, 3.05) is 18.1 Å². The predicted molar refractivity (Wildman–Crippen MR) is 75.6 cm³/mol. The fourth-order valence-corrected chi connectivity index (χ4v) is 1.95. The lowest BCUT2D eigenvalue weighted by Crippen LogP contribution is -2.10. The summed E-state index contributed by atoms with van der Waals surface area (Å²) in [5.41, 5.74) is 1.42. The van der Waals surface area contributed by atoms with Crippen molar-refractivity contribution in [3.8, 4) is 5.75 Å². The second-order valence-electron chi connectivity index (χ2n) is 5.07. The van der Waals surface area contributed by atoms with Gasteiger partial charge < -0.3 is 9.84 Å². The maximum Gasteiger partial charge on any atom is 0.313 e. The lowest BCUT2D eigenvalue weighted by molar-refractivity contribution is -0.133. The number of thioether (sulfide) groups is 1. The van der Waals surface area contributed by atoms with Gasteiger partial charge in [0, 0.05) is 5.75 Å². The molecule has 0 atom stereocenters. The monoisotopic (exact) mass is 268 g/mol. The molecular formula is C14H20O3S. The summed E-state index contributed by atoms with van der Waals surface area (Å²) in [7, 11) is 0. The lowest BCUT2D eigenvalue weighted by atomic mass is 9.87. The van der Waals surface area contributed by atoms with Crippen LogP contribution in [0.5, 0.6) is 5.75 Å². The van der Waals surface area contributed by atoms with Crippen LogP contribution >= 0.6 is 11.8 Å². The van der Waals surface area contributed by atoms with Gasteiger partial charge >= 0.3 is 5.97 Å². The smallest absolute Gasteiger partial charge is 0.313 e. The summed E-state index contributed by atoms with van der Waals surface area (Å²) in [5.74, 6) is 0.869. The number of benzene rings is 1. The van der Waals surface area contributed by atoms with Crippen LogP contribution in [-0.2, 0) is 10.2 Å². The van der Waals surface area contributed by atoms with Gasteiger partial charge in [-0.1, -0.05) is 32.9 Å². The Labute approximate surface area is 113 Å². The van der Waals surface area contributed by atoms with Crippen LogP contribution in [0.4, 0.5) is 0 Å². The topological polar surface area (TPSA) is 46.5 Å². The fourth-order valence-electron chi connectivity index (χ4n) is 1.43. The number of carbonyl (C=O) groups is 1. The molecule has 1 rings (SSSR count). The molecule has 0 aliphatic heterocycles. The summed E-state index contributed by atoms with van der Waals surface area (Å²) >= 11 is 1.36. The summed E-state index contributed by atoms with van der Waals surface area (Å²) in [6.45, 7) is 7.05. The van der Waals surface area contributed by atoms with E-state index in [4.69, 9.17) is 9.84 Å². The first kappa shape index (κ1) is 14.9. The molecule has 1 aromatic carbocycles. The number of rotatable bonds is 6. The highest BCUT2D eigenvalue weighted by atomic mass is 32.2. The zero-order valence-electron chi connectivity index (χ0n) is 11.1. The molecule has 0 aliphatic rings. The van der Waals surface area contributed by atoms with E-state index < -0.39 is 5.97 Å². The SMILES string of the molecule is CC(C)(C)c1ccc(OCCSCC(=O)O)cc1. The Morgan fingerprint density at radius 3 is 2.39 bits per heavy atom. The largest absolute Gasteiger partial charge is 0.493 e. The first-order chi connectivity index (χ1) is 8.39. The predicted octanol–water partition coefficient (Wildman–Crippen LogP) is 3.18. The van der Waals surface area contributed by atoms with E-state index in [1.165, 1.54) is 17.3 Å². The van der Waals surface area contributed by atoms with Crippen molar-refractivity contribution in [1.29, 1.82) is 0 Å². The molecule has 0 saturated heterocycles. The Kier molecular flexibility index (Phi) is 5.54. The molecule has 0 spiro atoms. The number of carboxylic acid groups (broad SMARTS) is 1. The molecule has 1 aromatic rings. The van der Waals surface area contributed by atoms with E-state index in [0.717, 1.165) is 5.75 Å². The molecule has 0 aromatic heterocycles. The lowest BCUT2D eigenvalue weighted by Gasteiger charge is -2.19. The summed E-state index contributed by atoms with van der Waals surface area (Å²) in [6.07, 6.45) is 0. The molecule has 100 valence electrons. The van der Waals surface area contributed by atoms with Gasteiger partial charge in [0.2, 0.25) is 0 Å². The first-order valence-corrected chi connectivity index (χ1v) is 7.08. The molecule has 18 heavy (non-hydrogen) atoms. The Morgan fingerprint density at radius 1 is 1.28 bits per heavy atom. The minimum absolute atomic E-state index is 0.131. The van der Waals surface area contributed by atoms with Gasteiger partial charge in [0.1, 0.15) is 5.75 Å². The Hall–Kier alpha value is -1.16.